The highest BCUT2D eigenvalue weighted by Crippen LogP contribution is 2.28. The molecule has 0 saturated carbocycles. The van der Waals surface area contributed by atoms with Crippen molar-refractivity contribution in [3.05, 3.63) is 59.9 Å². The van der Waals surface area contributed by atoms with E-state index in [0.29, 0.717) is 23.9 Å². The third kappa shape index (κ3) is 6.27. The second-order valence-corrected chi connectivity index (χ2v) is 8.06. The summed E-state index contributed by atoms with van der Waals surface area (Å²) >= 11 is 0. The van der Waals surface area contributed by atoms with Crippen LogP contribution in [-0.2, 0) is 4.74 Å². The van der Waals surface area contributed by atoms with Crippen LogP contribution < -0.4 is 14.8 Å². The molecule has 4 rings (SSSR count). The van der Waals surface area contributed by atoms with Crippen LogP contribution in [0.4, 0.5) is 5.82 Å². The van der Waals surface area contributed by atoms with Gasteiger partial charge >= 0.3 is 0 Å². The van der Waals surface area contributed by atoms with Gasteiger partial charge in [-0.2, -0.15) is 0 Å². The Kier molecular flexibility index (Phi) is 7.46. The molecule has 3 aromatic rings. The standard InChI is InChI=1S/C24H26N6O5/c1-15-10-27-21(12-25-15)29-23(31)17-7-18(34-16(2)14-33-3)9-19(8-17)35-22-13-26-20(11-28-22)24(32)30-5-4-6-30/h7-13,16H,4-6,14H2,1-3H3,(H,27,29,31). The molecule has 2 amide bonds. The number of ether oxygens (including phenoxy) is 3. The summed E-state index contributed by atoms with van der Waals surface area (Å²) in [5.74, 6) is 0.627. The Bertz CT molecular complexity index is 1180. The molecule has 1 N–H and O–H groups in total. The molecule has 2 aromatic heterocycles. The quantitative estimate of drug-likeness (QED) is 0.493. The van der Waals surface area contributed by atoms with Crippen LogP contribution in [0.5, 0.6) is 17.4 Å². The van der Waals surface area contributed by atoms with Crippen LogP contribution in [0, 0.1) is 6.92 Å². The summed E-state index contributed by atoms with van der Waals surface area (Å²) < 4.78 is 16.8. The number of anilines is 1. The first-order valence-corrected chi connectivity index (χ1v) is 11.1. The number of carbonyl (C=O) groups is 2. The molecular weight excluding hydrogens is 452 g/mol. The van der Waals surface area contributed by atoms with E-state index < -0.39 is 5.91 Å². The number of carbonyl (C=O) groups excluding carboxylic acids is 2. The van der Waals surface area contributed by atoms with Gasteiger partial charge in [0.15, 0.2) is 5.82 Å². The summed E-state index contributed by atoms with van der Waals surface area (Å²) in [7, 11) is 1.58. The van der Waals surface area contributed by atoms with E-state index in [1.165, 1.54) is 18.6 Å². The molecule has 1 aromatic carbocycles. The number of aryl methyl sites for hydroxylation is 1. The number of hydrogen-bond donors (Lipinski definition) is 1. The number of nitrogens with one attached hydrogen (secondary N) is 1. The first-order valence-electron chi connectivity index (χ1n) is 11.1. The van der Waals surface area contributed by atoms with Gasteiger partial charge in [-0.25, -0.2) is 15.0 Å². The lowest BCUT2D eigenvalue weighted by molar-refractivity contribution is 0.0645. The van der Waals surface area contributed by atoms with Gasteiger partial charge in [0.2, 0.25) is 5.88 Å². The van der Waals surface area contributed by atoms with Gasteiger partial charge in [0.1, 0.15) is 23.3 Å². The topological polar surface area (TPSA) is 129 Å². The van der Waals surface area contributed by atoms with Crippen LogP contribution >= 0.6 is 0 Å². The Hall–Kier alpha value is -4.12. The van der Waals surface area contributed by atoms with Gasteiger partial charge in [0.05, 0.1) is 37.1 Å². The molecule has 35 heavy (non-hydrogen) atoms. The van der Waals surface area contributed by atoms with Gasteiger partial charge in [0, 0.05) is 31.8 Å². The molecule has 0 bridgehead atoms. The van der Waals surface area contributed by atoms with E-state index in [1.54, 1.807) is 43.3 Å². The molecule has 1 aliphatic heterocycles. The Morgan fingerprint density at radius 2 is 1.83 bits per heavy atom. The van der Waals surface area contributed by atoms with Crippen LogP contribution in [0.3, 0.4) is 0 Å². The van der Waals surface area contributed by atoms with Gasteiger partial charge in [-0.1, -0.05) is 0 Å². The fraction of sp³-hybridized carbons (Fsp3) is 0.333. The lowest BCUT2D eigenvalue weighted by Crippen LogP contribution is -2.42. The Labute approximate surface area is 202 Å². The van der Waals surface area contributed by atoms with Gasteiger partial charge in [-0.05, 0) is 32.4 Å². The van der Waals surface area contributed by atoms with E-state index >= 15 is 0 Å². The number of benzene rings is 1. The maximum Gasteiger partial charge on any atom is 0.274 e. The highest BCUT2D eigenvalue weighted by molar-refractivity contribution is 6.04. The van der Waals surface area contributed by atoms with E-state index in [9.17, 15) is 9.59 Å². The minimum absolute atomic E-state index is 0.156. The van der Waals surface area contributed by atoms with Crippen molar-refractivity contribution in [1.82, 2.24) is 24.8 Å². The van der Waals surface area contributed by atoms with Crippen molar-refractivity contribution in [2.45, 2.75) is 26.4 Å². The van der Waals surface area contributed by atoms with Gasteiger partial charge in [-0.15, -0.1) is 0 Å². The number of rotatable bonds is 9. The molecule has 0 radical (unpaired) electrons. The van der Waals surface area contributed by atoms with Crippen molar-refractivity contribution in [2.75, 3.05) is 32.1 Å². The normalized spacial score (nSPS) is 13.5. The zero-order valence-electron chi connectivity index (χ0n) is 19.7. The van der Waals surface area contributed by atoms with Crippen molar-refractivity contribution < 1.29 is 23.8 Å². The fourth-order valence-corrected chi connectivity index (χ4v) is 3.26. The summed E-state index contributed by atoms with van der Waals surface area (Å²) in [5.41, 5.74) is 1.27. The van der Waals surface area contributed by atoms with Crippen molar-refractivity contribution in [2.24, 2.45) is 0 Å². The zero-order chi connectivity index (χ0) is 24.8. The van der Waals surface area contributed by atoms with E-state index in [2.05, 4.69) is 25.3 Å². The smallest absolute Gasteiger partial charge is 0.274 e. The van der Waals surface area contributed by atoms with Crippen LogP contribution in [-0.4, -0.2) is 69.6 Å². The highest BCUT2D eigenvalue weighted by atomic mass is 16.5. The van der Waals surface area contributed by atoms with E-state index in [4.69, 9.17) is 14.2 Å². The van der Waals surface area contributed by atoms with E-state index in [0.717, 1.165) is 25.2 Å². The fourth-order valence-electron chi connectivity index (χ4n) is 3.26. The SMILES string of the molecule is COCC(C)Oc1cc(Oc2cnc(C(=O)N3CCC3)cn2)cc(C(=O)Nc2cnc(C)cn2)c1. The van der Waals surface area contributed by atoms with Crippen LogP contribution in [0.1, 0.15) is 39.9 Å². The molecular formula is C24H26N6O5. The maximum atomic E-state index is 12.9. The monoisotopic (exact) mass is 478 g/mol. The molecule has 1 saturated heterocycles. The molecule has 1 unspecified atom stereocenters. The number of methoxy groups -OCH3 is 1. The maximum absolute atomic E-state index is 12.9. The third-order valence-corrected chi connectivity index (χ3v) is 5.12. The number of aromatic nitrogens is 4. The average molecular weight is 479 g/mol. The third-order valence-electron chi connectivity index (χ3n) is 5.12. The molecule has 182 valence electrons. The van der Waals surface area contributed by atoms with Crippen LogP contribution in [0.2, 0.25) is 0 Å². The first-order chi connectivity index (χ1) is 16.9. The highest BCUT2D eigenvalue weighted by Gasteiger charge is 2.23. The number of nitrogens with zero attached hydrogens (tertiary/aromatic N) is 5. The average Bonchev–Trinajstić information content (AvgIpc) is 2.80. The molecule has 11 heteroatoms. The molecule has 0 aliphatic carbocycles. The Morgan fingerprint density at radius 1 is 1.03 bits per heavy atom. The second-order valence-electron chi connectivity index (χ2n) is 8.06. The van der Waals surface area contributed by atoms with Crippen molar-refractivity contribution in [1.29, 1.82) is 0 Å². The largest absolute Gasteiger partial charge is 0.488 e. The minimum atomic E-state index is -0.417. The number of hydrogen-bond acceptors (Lipinski definition) is 9. The predicted molar refractivity (Wildman–Crippen MR) is 126 cm³/mol. The van der Waals surface area contributed by atoms with Crippen molar-refractivity contribution >= 4 is 17.6 Å². The van der Waals surface area contributed by atoms with Gasteiger partial charge in [-0.3, -0.25) is 14.6 Å². The van der Waals surface area contributed by atoms with Crippen LogP contribution in [0.15, 0.2) is 43.0 Å². The molecule has 1 fully saturated rings. The molecule has 1 aliphatic rings. The Balaban J connectivity index is 1.54. The van der Waals surface area contributed by atoms with E-state index in [1.807, 2.05) is 6.92 Å². The predicted octanol–water partition coefficient (Wildman–Crippen LogP) is 2.88. The minimum Gasteiger partial charge on any atom is -0.488 e. The van der Waals surface area contributed by atoms with Gasteiger partial charge < -0.3 is 24.4 Å². The lowest BCUT2D eigenvalue weighted by atomic mass is 10.2. The van der Waals surface area contributed by atoms with Crippen LogP contribution in [0.25, 0.3) is 0 Å². The second kappa shape index (κ2) is 10.9. The zero-order valence-corrected chi connectivity index (χ0v) is 19.7. The molecule has 3 heterocycles. The summed E-state index contributed by atoms with van der Waals surface area (Å²) in [4.78, 5) is 43.5. The lowest BCUT2D eigenvalue weighted by Gasteiger charge is -2.30. The summed E-state index contributed by atoms with van der Waals surface area (Å²) in [6.45, 7) is 5.47. The number of likely N-dealkylation sites (tertiary alicyclic amines) is 1. The summed E-state index contributed by atoms with van der Waals surface area (Å²) in [5, 5.41) is 2.71. The van der Waals surface area contributed by atoms with Crippen molar-refractivity contribution in [3.8, 4) is 17.4 Å². The Morgan fingerprint density at radius 3 is 2.46 bits per heavy atom. The first kappa shape index (κ1) is 24.0. The molecule has 1 atom stereocenters. The van der Waals surface area contributed by atoms with E-state index in [-0.39, 0.29) is 29.1 Å². The molecule has 0 spiro atoms. The summed E-state index contributed by atoms with van der Waals surface area (Å²) in [6.07, 6.45) is 6.51. The number of amides is 2. The van der Waals surface area contributed by atoms with Gasteiger partial charge in [0.25, 0.3) is 11.8 Å². The summed E-state index contributed by atoms with van der Waals surface area (Å²) in [6, 6.07) is 4.78. The van der Waals surface area contributed by atoms with Crippen molar-refractivity contribution in [3.63, 3.8) is 0 Å². The molecule has 11 nitrogen and oxygen atoms in total.